The van der Waals surface area contributed by atoms with Crippen LogP contribution in [0.1, 0.15) is 25.7 Å². The Kier molecular flexibility index (Phi) is 3.80. The minimum absolute atomic E-state index is 0.572. The molecule has 1 aromatic carbocycles. The van der Waals surface area contributed by atoms with E-state index in [1.165, 1.54) is 0 Å². The monoisotopic (exact) mass is 349 g/mol. The van der Waals surface area contributed by atoms with Crippen LogP contribution in [-0.4, -0.2) is 29.3 Å². The van der Waals surface area contributed by atoms with Crippen LogP contribution in [0, 0.1) is 0 Å². The molecule has 112 valence electrons. The van der Waals surface area contributed by atoms with Gasteiger partial charge in [-0.3, -0.25) is 4.98 Å². The van der Waals surface area contributed by atoms with Crippen molar-refractivity contribution in [2.45, 2.75) is 31.3 Å². The van der Waals surface area contributed by atoms with Gasteiger partial charge in [-0.05, 0) is 47.0 Å². The summed E-state index contributed by atoms with van der Waals surface area (Å²) in [5.41, 5.74) is 8.09. The number of benzene rings is 1. The van der Waals surface area contributed by atoms with Crippen LogP contribution < -0.4 is 10.6 Å². The largest absolute Gasteiger partial charge is 0.398 e. The highest BCUT2D eigenvalue weighted by Gasteiger charge is 2.32. The van der Waals surface area contributed by atoms with E-state index in [0.717, 1.165) is 52.4 Å². The molecule has 1 aromatic heterocycles. The van der Waals surface area contributed by atoms with Gasteiger partial charge in [-0.25, -0.2) is 0 Å². The van der Waals surface area contributed by atoms with Crippen molar-refractivity contribution in [2.75, 3.05) is 24.2 Å². The summed E-state index contributed by atoms with van der Waals surface area (Å²) in [4.78, 5) is 6.60. The van der Waals surface area contributed by atoms with Gasteiger partial charge in [0.2, 0.25) is 0 Å². The lowest BCUT2D eigenvalue weighted by Crippen LogP contribution is -2.39. The first-order valence-corrected chi connectivity index (χ1v) is 8.05. The second-order valence-corrected chi connectivity index (χ2v) is 6.93. The number of nitrogen functional groups attached to an aromatic ring is 1. The zero-order valence-corrected chi connectivity index (χ0v) is 13.7. The van der Waals surface area contributed by atoms with E-state index in [-0.39, 0.29) is 0 Å². The number of pyridine rings is 1. The van der Waals surface area contributed by atoms with E-state index in [0.29, 0.717) is 6.54 Å². The Balaban J connectivity index is 1.98. The predicted octanol–water partition coefficient (Wildman–Crippen LogP) is 3.32. The van der Waals surface area contributed by atoms with Crippen molar-refractivity contribution in [3.63, 3.8) is 0 Å². The van der Waals surface area contributed by atoms with Gasteiger partial charge in [0, 0.05) is 35.3 Å². The summed E-state index contributed by atoms with van der Waals surface area (Å²) >= 11 is 3.44. The van der Waals surface area contributed by atoms with Crippen LogP contribution in [0.15, 0.2) is 28.9 Å². The average Bonchev–Trinajstić information content (AvgIpc) is 2.86. The van der Waals surface area contributed by atoms with Crippen LogP contribution in [-0.2, 0) is 0 Å². The summed E-state index contributed by atoms with van der Waals surface area (Å²) in [6.07, 6.45) is 5.76. The van der Waals surface area contributed by atoms with E-state index in [1.807, 2.05) is 25.2 Å². The number of likely N-dealkylation sites (N-methyl/N-ethyl adjacent to an activating group) is 1. The summed E-state index contributed by atoms with van der Waals surface area (Å²) in [5.74, 6) is 0. The number of nitrogens with zero attached hydrogens (tertiary/aromatic N) is 2. The van der Waals surface area contributed by atoms with Crippen molar-refractivity contribution < 1.29 is 5.11 Å². The van der Waals surface area contributed by atoms with E-state index in [9.17, 15) is 5.11 Å². The number of hydrogen-bond donors (Lipinski definition) is 2. The molecule has 21 heavy (non-hydrogen) atoms. The zero-order chi connectivity index (χ0) is 15.0. The molecule has 0 bridgehead atoms. The van der Waals surface area contributed by atoms with E-state index in [2.05, 4.69) is 25.8 Å². The number of nitrogens with two attached hydrogens (primary N) is 1. The molecule has 0 radical (unpaired) electrons. The Morgan fingerprint density at radius 3 is 2.81 bits per heavy atom. The molecular weight excluding hydrogens is 330 g/mol. The van der Waals surface area contributed by atoms with Crippen LogP contribution >= 0.6 is 15.9 Å². The molecule has 2 aromatic rings. The number of hydrogen-bond acceptors (Lipinski definition) is 4. The van der Waals surface area contributed by atoms with Gasteiger partial charge in [-0.1, -0.05) is 12.8 Å². The molecule has 3 rings (SSSR count). The smallest absolute Gasteiger partial charge is 0.0956 e. The van der Waals surface area contributed by atoms with E-state index < -0.39 is 5.60 Å². The van der Waals surface area contributed by atoms with Gasteiger partial charge in [-0.15, -0.1) is 0 Å². The van der Waals surface area contributed by atoms with E-state index >= 15 is 0 Å². The molecule has 1 aliphatic carbocycles. The van der Waals surface area contributed by atoms with Crippen molar-refractivity contribution >= 4 is 38.2 Å². The van der Waals surface area contributed by atoms with Crippen LogP contribution in [0.25, 0.3) is 10.9 Å². The Labute approximate surface area is 133 Å². The van der Waals surface area contributed by atoms with Crippen LogP contribution in [0.5, 0.6) is 0 Å². The molecule has 5 heteroatoms. The highest BCUT2D eigenvalue weighted by atomic mass is 79.9. The van der Waals surface area contributed by atoms with Gasteiger partial charge in [0.25, 0.3) is 0 Å². The van der Waals surface area contributed by atoms with Crippen LogP contribution in [0.2, 0.25) is 0 Å². The standard InChI is InChI=1S/C16H20BrN3O/c1-20(10-16(21)6-2-3-7-16)14-5-4-13(18)12-8-11(17)9-19-15(12)14/h4-5,8-9,21H,2-3,6-7,10,18H2,1H3. The molecule has 4 nitrogen and oxygen atoms in total. The molecule has 0 aliphatic heterocycles. The summed E-state index contributed by atoms with van der Waals surface area (Å²) in [7, 11) is 2.00. The van der Waals surface area contributed by atoms with Gasteiger partial charge in [-0.2, -0.15) is 0 Å². The third-order valence-corrected chi connectivity index (χ3v) is 4.74. The van der Waals surface area contributed by atoms with Crippen molar-refractivity contribution in [2.24, 2.45) is 0 Å². The van der Waals surface area contributed by atoms with Crippen LogP contribution in [0.4, 0.5) is 11.4 Å². The van der Waals surface area contributed by atoms with Gasteiger partial charge in [0.05, 0.1) is 16.8 Å². The molecule has 0 unspecified atom stereocenters. The minimum atomic E-state index is -0.572. The lowest BCUT2D eigenvalue weighted by atomic mass is 10.0. The summed E-state index contributed by atoms with van der Waals surface area (Å²) < 4.78 is 0.913. The average molecular weight is 350 g/mol. The molecule has 1 saturated carbocycles. The molecule has 1 fully saturated rings. The fourth-order valence-corrected chi connectivity index (χ4v) is 3.56. The van der Waals surface area contributed by atoms with Crippen molar-refractivity contribution in [3.05, 3.63) is 28.9 Å². The third kappa shape index (κ3) is 2.85. The number of aliphatic hydroxyl groups is 1. The second-order valence-electron chi connectivity index (χ2n) is 6.01. The summed E-state index contributed by atoms with van der Waals surface area (Å²) in [5, 5.41) is 11.5. The molecule has 0 atom stereocenters. The fourth-order valence-electron chi connectivity index (χ4n) is 3.23. The fraction of sp³-hybridized carbons (Fsp3) is 0.438. The Morgan fingerprint density at radius 1 is 1.38 bits per heavy atom. The maximum atomic E-state index is 10.6. The molecule has 1 heterocycles. The SMILES string of the molecule is CN(CC1(O)CCCC1)c1ccc(N)c2cc(Br)cnc12. The van der Waals surface area contributed by atoms with Gasteiger partial charge >= 0.3 is 0 Å². The lowest BCUT2D eigenvalue weighted by Gasteiger charge is -2.30. The normalized spacial score (nSPS) is 17.3. The highest BCUT2D eigenvalue weighted by Crippen LogP contribution is 2.34. The van der Waals surface area contributed by atoms with Gasteiger partial charge in [0.15, 0.2) is 0 Å². The highest BCUT2D eigenvalue weighted by molar-refractivity contribution is 9.10. The second kappa shape index (κ2) is 5.46. The molecule has 3 N–H and O–H groups in total. The first kappa shape index (κ1) is 14.6. The van der Waals surface area contributed by atoms with Crippen LogP contribution in [0.3, 0.4) is 0 Å². The summed E-state index contributed by atoms with van der Waals surface area (Å²) in [6, 6.07) is 5.87. The quantitative estimate of drug-likeness (QED) is 0.834. The van der Waals surface area contributed by atoms with E-state index in [1.54, 1.807) is 6.20 Å². The topological polar surface area (TPSA) is 62.4 Å². The van der Waals surface area contributed by atoms with Crippen molar-refractivity contribution in [3.8, 4) is 0 Å². The van der Waals surface area contributed by atoms with Crippen molar-refractivity contribution in [1.82, 2.24) is 4.98 Å². The number of fused-ring (bicyclic) bond motifs is 1. The minimum Gasteiger partial charge on any atom is -0.398 e. The Bertz CT molecular complexity index is 668. The molecule has 1 aliphatic rings. The molecule has 0 amide bonds. The maximum absolute atomic E-state index is 10.6. The first-order valence-electron chi connectivity index (χ1n) is 7.26. The number of halogens is 1. The third-order valence-electron chi connectivity index (χ3n) is 4.31. The maximum Gasteiger partial charge on any atom is 0.0956 e. The number of aromatic nitrogens is 1. The molecule has 0 saturated heterocycles. The molecule has 0 spiro atoms. The number of anilines is 2. The van der Waals surface area contributed by atoms with Crippen molar-refractivity contribution in [1.29, 1.82) is 0 Å². The lowest BCUT2D eigenvalue weighted by molar-refractivity contribution is 0.0560. The first-order chi connectivity index (χ1) is 9.98. The molecular formula is C16H20BrN3O. The Morgan fingerprint density at radius 2 is 2.10 bits per heavy atom. The van der Waals surface area contributed by atoms with Gasteiger partial charge < -0.3 is 15.7 Å². The van der Waals surface area contributed by atoms with E-state index in [4.69, 9.17) is 5.73 Å². The van der Waals surface area contributed by atoms with Gasteiger partial charge in [0.1, 0.15) is 0 Å². The Hall–Kier alpha value is -1.33. The predicted molar refractivity (Wildman–Crippen MR) is 90.5 cm³/mol. The zero-order valence-electron chi connectivity index (χ0n) is 12.1. The summed E-state index contributed by atoms with van der Waals surface area (Å²) in [6.45, 7) is 0.629. The number of rotatable bonds is 3.